The summed E-state index contributed by atoms with van der Waals surface area (Å²) >= 11 is 1.62. The van der Waals surface area contributed by atoms with E-state index in [9.17, 15) is 9.59 Å². The lowest BCUT2D eigenvalue weighted by molar-refractivity contribution is -0.124. The van der Waals surface area contributed by atoms with Crippen LogP contribution in [0.15, 0.2) is 53.1 Å². The van der Waals surface area contributed by atoms with Gasteiger partial charge in [0.2, 0.25) is 5.91 Å². The Balaban J connectivity index is 1.41. The Morgan fingerprint density at radius 2 is 1.90 bits per heavy atom. The van der Waals surface area contributed by atoms with E-state index in [-0.39, 0.29) is 17.9 Å². The van der Waals surface area contributed by atoms with Gasteiger partial charge in [-0.2, -0.15) is 0 Å². The molecule has 4 rings (SSSR count). The SMILES string of the molecule is O=C(NCC(c1ccco1)N1CCCCC1)C1CSCN1C(=O)c1ccccc1. The van der Waals surface area contributed by atoms with Crippen molar-refractivity contribution in [1.82, 2.24) is 15.1 Å². The van der Waals surface area contributed by atoms with Gasteiger partial charge in [0.1, 0.15) is 11.8 Å². The van der Waals surface area contributed by atoms with Gasteiger partial charge < -0.3 is 14.6 Å². The Labute approximate surface area is 175 Å². The molecule has 2 fully saturated rings. The second kappa shape index (κ2) is 9.50. The van der Waals surface area contributed by atoms with Crippen LogP contribution in [0.5, 0.6) is 0 Å². The summed E-state index contributed by atoms with van der Waals surface area (Å²) in [6, 6.07) is 12.6. The number of nitrogens with zero attached hydrogens (tertiary/aromatic N) is 2. The third kappa shape index (κ3) is 4.67. The van der Waals surface area contributed by atoms with Crippen LogP contribution < -0.4 is 5.32 Å². The summed E-state index contributed by atoms with van der Waals surface area (Å²) in [5.41, 5.74) is 0.620. The molecular weight excluding hydrogens is 386 g/mol. The third-order valence-electron chi connectivity index (χ3n) is 5.64. The molecule has 6 nitrogen and oxygen atoms in total. The Hall–Kier alpha value is -2.25. The molecule has 0 spiro atoms. The van der Waals surface area contributed by atoms with E-state index in [2.05, 4.69) is 10.2 Å². The maximum atomic E-state index is 13.0. The van der Waals surface area contributed by atoms with Crippen LogP contribution in [-0.2, 0) is 4.79 Å². The first kappa shape index (κ1) is 20.0. The summed E-state index contributed by atoms with van der Waals surface area (Å²) in [5, 5.41) is 3.10. The van der Waals surface area contributed by atoms with E-state index in [0.717, 1.165) is 18.8 Å². The van der Waals surface area contributed by atoms with Crippen LogP contribution in [0.4, 0.5) is 0 Å². The highest BCUT2D eigenvalue weighted by atomic mass is 32.2. The van der Waals surface area contributed by atoms with E-state index in [1.165, 1.54) is 19.3 Å². The van der Waals surface area contributed by atoms with Crippen LogP contribution in [-0.4, -0.2) is 58.9 Å². The minimum Gasteiger partial charge on any atom is -0.468 e. The van der Waals surface area contributed by atoms with E-state index >= 15 is 0 Å². The van der Waals surface area contributed by atoms with Crippen molar-refractivity contribution >= 4 is 23.6 Å². The quantitative estimate of drug-likeness (QED) is 0.788. The van der Waals surface area contributed by atoms with Crippen LogP contribution in [0.2, 0.25) is 0 Å². The number of likely N-dealkylation sites (tertiary alicyclic amines) is 1. The molecule has 7 heteroatoms. The van der Waals surface area contributed by atoms with E-state index in [0.29, 0.717) is 23.7 Å². The zero-order valence-electron chi connectivity index (χ0n) is 16.5. The minimum absolute atomic E-state index is 0.0292. The summed E-state index contributed by atoms with van der Waals surface area (Å²) in [6.45, 7) is 2.51. The molecule has 2 aliphatic heterocycles. The number of benzene rings is 1. The lowest BCUT2D eigenvalue weighted by Gasteiger charge is -2.34. The van der Waals surface area contributed by atoms with Gasteiger partial charge in [-0.1, -0.05) is 24.6 Å². The van der Waals surface area contributed by atoms with Gasteiger partial charge in [0.05, 0.1) is 18.2 Å². The van der Waals surface area contributed by atoms with Gasteiger partial charge in [-0.15, -0.1) is 11.8 Å². The number of rotatable bonds is 6. The van der Waals surface area contributed by atoms with Crippen molar-refractivity contribution in [1.29, 1.82) is 0 Å². The van der Waals surface area contributed by atoms with Gasteiger partial charge in [-0.3, -0.25) is 14.5 Å². The summed E-state index contributed by atoms with van der Waals surface area (Å²) in [4.78, 5) is 29.9. The van der Waals surface area contributed by atoms with Crippen molar-refractivity contribution in [2.75, 3.05) is 31.3 Å². The highest BCUT2D eigenvalue weighted by Crippen LogP contribution is 2.26. The number of hydrogen-bond acceptors (Lipinski definition) is 5. The molecular formula is C22H27N3O3S. The average molecular weight is 414 g/mol. The third-order valence-corrected chi connectivity index (χ3v) is 6.65. The fraction of sp³-hybridized carbons (Fsp3) is 0.455. The first-order valence-corrected chi connectivity index (χ1v) is 11.4. The number of carbonyl (C=O) groups is 2. The van der Waals surface area contributed by atoms with Crippen molar-refractivity contribution in [3.8, 4) is 0 Å². The Kier molecular flexibility index (Phi) is 6.56. The normalized spacial score (nSPS) is 21.1. The highest BCUT2D eigenvalue weighted by molar-refractivity contribution is 7.99. The molecule has 2 saturated heterocycles. The smallest absolute Gasteiger partial charge is 0.255 e. The Bertz CT molecular complexity index is 806. The number of piperidine rings is 1. The van der Waals surface area contributed by atoms with Crippen LogP contribution in [0.25, 0.3) is 0 Å². The van der Waals surface area contributed by atoms with Crippen molar-refractivity contribution < 1.29 is 14.0 Å². The van der Waals surface area contributed by atoms with Gasteiger partial charge in [0.15, 0.2) is 0 Å². The molecule has 0 radical (unpaired) electrons. The second-order valence-electron chi connectivity index (χ2n) is 7.53. The molecule has 0 aliphatic carbocycles. The van der Waals surface area contributed by atoms with Gasteiger partial charge in [0.25, 0.3) is 5.91 Å². The molecule has 2 atom stereocenters. The van der Waals surface area contributed by atoms with Crippen molar-refractivity contribution in [2.45, 2.75) is 31.3 Å². The largest absolute Gasteiger partial charge is 0.468 e. The number of hydrogen-bond donors (Lipinski definition) is 1. The summed E-state index contributed by atoms with van der Waals surface area (Å²) in [5.74, 6) is 1.87. The summed E-state index contributed by atoms with van der Waals surface area (Å²) in [6.07, 6.45) is 5.28. The number of furan rings is 1. The van der Waals surface area contributed by atoms with Gasteiger partial charge in [0, 0.05) is 17.9 Å². The van der Waals surface area contributed by atoms with Gasteiger partial charge in [-0.25, -0.2) is 0 Å². The highest BCUT2D eigenvalue weighted by Gasteiger charge is 2.35. The molecule has 2 aliphatic rings. The average Bonchev–Trinajstić information content (AvgIpc) is 3.47. The summed E-state index contributed by atoms with van der Waals surface area (Å²) in [7, 11) is 0. The first-order valence-electron chi connectivity index (χ1n) is 10.2. The molecule has 3 heterocycles. The molecule has 2 aromatic rings. The van der Waals surface area contributed by atoms with E-state index in [4.69, 9.17) is 4.42 Å². The van der Waals surface area contributed by atoms with Crippen LogP contribution in [0.1, 0.15) is 41.4 Å². The maximum Gasteiger partial charge on any atom is 0.255 e. The number of thioether (sulfide) groups is 1. The number of carbonyl (C=O) groups excluding carboxylic acids is 2. The zero-order valence-corrected chi connectivity index (χ0v) is 17.3. The van der Waals surface area contributed by atoms with Crippen LogP contribution in [0, 0.1) is 0 Å². The van der Waals surface area contributed by atoms with Gasteiger partial charge >= 0.3 is 0 Å². The van der Waals surface area contributed by atoms with Crippen LogP contribution >= 0.6 is 11.8 Å². The van der Waals surface area contributed by atoms with Crippen LogP contribution in [0.3, 0.4) is 0 Å². The van der Waals surface area contributed by atoms with Crippen molar-refractivity contribution in [3.05, 3.63) is 60.1 Å². The lowest BCUT2D eigenvalue weighted by Crippen LogP contribution is -2.49. The maximum absolute atomic E-state index is 13.0. The fourth-order valence-electron chi connectivity index (χ4n) is 4.04. The molecule has 29 heavy (non-hydrogen) atoms. The molecule has 2 unspecified atom stereocenters. The molecule has 0 saturated carbocycles. The van der Waals surface area contributed by atoms with Crippen molar-refractivity contribution in [2.24, 2.45) is 0 Å². The molecule has 0 bridgehead atoms. The monoisotopic (exact) mass is 413 g/mol. The topological polar surface area (TPSA) is 65.8 Å². The zero-order chi connectivity index (χ0) is 20.1. The summed E-state index contributed by atoms with van der Waals surface area (Å²) < 4.78 is 5.66. The fourth-order valence-corrected chi connectivity index (χ4v) is 5.20. The Morgan fingerprint density at radius 1 is 1.10 bits per heavy atom. The van der Waals surface area contributed by atoms with E-state index in [1.54, 1.807) is 35.1 Å². The predicted octanol–water partition coefficient (Wildman–Crippen LogP) is 3.14. The minimum atomic E-state index is -0.439. The predicted molar refractivity (Wildman–Crippen MR) is 114 cm³/mol. The first-order chi connectivity index (χ1) is 14.2. The second-order valence-corrected chi connectivity index (χ2v) is 8.53. The number of nitrogens with one attached hydrogen (secondary N) is 1. The molecule has 1 N–H and O–H groups in total. The van der Waals surface area contributed by atoms with Gasteiger partial charge in [-0.05, 0) is 50.2 Å². The lowest BCUT2D eigenvalue weighted by atomic mass is 10.1. The van der Waals surface area contributed by atoms with Crippen molar-refractivity contribution in [3.63, 3.8) is 0 Å². The molecule has 2 amide bonds. The standard InChI is InChI=1S/C22H27N3O3S/c26-21(19-15-29-16-25(19)22(27)17-8-3-1-4-9-17)23-14-18(20-10-7-13-28-20)24-11-5-2-6-12-24/h1,3-4,7-10,13,18-19H,2,5-6,11-12,14-16H2,(H,23,26). The molecule has 154 valence electrons. The van der Waals surface area contributed by atoms with E-state index < -0.39 is 6.04 Å². The van der Waals surface area contributed by atoms with E-state index in [1.807, 2.05) is 30.3 Å². The Morgan fingerprint density at radius 3 is 2.62 bits per heavy atom. The molecule has 1 aromatic heterocycles. The number of amides is 2. The molecule has 1 aromatic carbocycles.